The number of hydrogen-bond acceptors (Lipinski definition) is 4. The third kappa shape index (κ3) is 3.63. The molecule has 1 aromatic heterocycles. The van der Waals surface area contributed by atoms with Gasteiger partial charge in [-0.05, 0) is 19.1 Å². The van der Waals surface area contributed by atoms with Crippen LogP contribution in [0, 0.1) is 0 Å². The highest BCUT2D eigenvalue weighted by Gasteiger charge is 2.06. The molecule has 3 N–H and O–H groups in total. The maximum atomic E-state index is 11.3. The first-order valence-corrected chi connectivity index (χ1v) is 4.25. The molecule has 0 aliphatic heterocycles. The zero-order valence-corrected chi connectivity index (χ0v) is 8.19. The van der Waals surface area contributed by atoms with Gasteiger partial charge in [-0.15, -0.1) is 0 Å². The van der Waals surface area contributed by atoms with Crippen LogP contribution in [0.1, 0.15) is 23.9 Å². The van der Waals surface area contributed by atoms with E-state index >= 15 is 0 Å². The van der Waals surface area contributed by atoms with Crippen molar-refractivity contribution in [3.8, 4) is 0 Å². The fraction of sp³-hybridized carbons (Fsp3) is 0.222. The molecule has 6 heteroatoms. The van der Waals surface area contributed by atoms with Crippen LogP contribution in [0.25, 0.3) is 0 Å². The number of hydrazone groups is 1. The van der Waals surface area contributed by atoms with Gasteiger partial charge in [-0.2, -0.15) is 5.10 Å². The number of carbonyl (C=O) groups is 2. The lowest BCUT2D eigenvalue weighted by molar-refractivity contribution is -0.116. The van der Waals surface area contributed by atoms with Crippen LogP contribution in [-0.2, 0) is 4.79 Å². The normalized spacial score (nSPS) is 11.1. The van der Waals surface area contributed by atoms with Crippen LogP contribution in [0.5, 0.6) is 0 Å². The number of nitrogens with one attached hydrogen (secondary N) is 1. The Morgan fingerprint density at radius 3 is 2.87 bits per heavy atom. The number of furan rings is 1. The van der Waals surface area contributed by atoms with E-state index in [9.17, 15) is 9.59 Å². The summed E-state index contributed by atoms with van der Waals surface area (Å²) in [5, 5.41) is 3.68. The minimum atomic E-state index is -0.497. The van der Waals surface area contributed by atoms with Crippen LogP contribution in [0.15, 0.2) is 27.9 Å². The molecule has 6 nitrogen and oxygen atoms in total. The molecular weight excluding hydrogens is 198 g/mol. The largest absolute Gasteiger partial charge is 0.459 e. The number of hydrogen-bond donors (Lipinski definition) is 2. The van der Waals surface area contributed by atoms with Gasteiger partial charge in [0, 0.05) is 5.71 Å². The van der Waals surface area contributed by atoms with Crippen molar-refractivity contribution < 1.29 is 14.0 Å². The van der Waals surface area contributed by atoms with Crippen LogP contribution < -0.4 is 11.2 Å². The van der Waals surface area contributed by atoms with Crippen LogP contribution in [-0.4, -0.2) is 17.5 Å². The number of primary amides is 1. The molecular formula is C9H11N3O3. The summed E-state index contributed by atoms with van der Waals surface area (Å²) in [5.41, 5.74) is 7.61. The minimum Gasteiger partial charge on any atom is -0.459 e. The van der Waals surface area contributed by atoms with Gasteiger partial charge >= 0.3 is 5.91 Å². The molecule has 0 bridgehead atoms. The van der Waals surface area contributed by atoms with Crippen molar-refractivity contribution in [2.45, 2.75) is 13.3 Å². The van der Waals surface area contributed by atoms with Gasteiger partial charge in [-0.1, -0.05) is 0 Å². The number of amides is 2. The summed E-state index contributed by atoms with van der Waals surface area (Å²) in [6.45, 7) is 1.59. The molecule has 1 rings (SSSR count). The standard InChI is InChI=1S/C9H11N3O3/c1-6(5-8(10)13)11-12-9(14)7-3-2-4-15-7/h2-4H,5H2,1H3,(H2,10,13)(H,12,14)/b11-6+. The molecule has 15 heavy (non-hydrogen) atoms. The van der Waals surface area contributed by atoms with E-state index in [2.05, 4.69) is 10.5 Å². The fourth-order valence-corrected chi connectivity index (χ4v) is 0.901. The predicted molar refractivity (Wildman–Crippen MR) is 53.1 cm³/mol. The van der Waals surface area contributed by atoms with E-state index in [0.29, 0.717) is 5.71 Å². The average Bonchev–Trinajstić information content (AvgIpc) is 2.65. The highest BCUT2D eigenvalue weighted by molar-refractivity contribution is 6.00. The summed E-state index contributed by atoms with van der Waals surface area (Å²) in [7, 11) is 0. The van der Waals surface area contributed by atoms with Crippen molar-refractivity contribution in [1.82, 2.24) is 5.43 Å². The maximum Gasteiger partial charge on any atom is 0.307 e. The van der Waals surface area contributed by atoms with Crippen molar-refractivity contribution in [2.75, 3.05) is 0 Å². The second-order valence-corrected chi connectivity index (χ2v) is 2.91. The Labute approximate surface area is 86.1 Å². The van der Waals surface area contributed by atoms with E-state index in [1.807, 2.05) is 0 Å². The van der Waals surface area contributed by atoms with Crippen molar-refractivity contribution >= 4 is 17.5 Å². The molecule has 0 fully saturated rings. The van der Waals surface area contributed by atoms with Crippen molar-refractivity contribution in [3.05, 3.63) is 24.2 Å². The molecule has 1 aromatic rings. The Balaban J connectivity index is 2.50. The second-order valence-electron chi connectivity index (χ2n) is 2.91. The van der Waals surface area contributed by atoms with Gasteiger partial charge in [0.15, 0.2) is 5.76 Å². The van der Waals surface area contributed by atoms with E-state index < -0.39 is 11.8 Å². The zero-order valence-electron chi connectivity index (χ0n) is 8.19. The van der Waals surface area contributed by atoms with Crippen molar-refractivity contribution in [3.63, 3.8) is 0 Å². The molecule has 0 aliphatic rings. The van der Waals surface area contributed by atoms with Crippen LogP contribution in [0.3, 0.4) is 0 Å². The molecule has 0 unspecified atom stereocenters. The zero-order chi connectivity index (χ0) is 11.3. The minimum absolute atomic E-state index is 0.0123. The summed E-state index contributed by atoms with van der Waals surface area (Å²) in [5.74, 6) is -0.807. The third-order valence-corrected chi connectivity index (χ3v) is 1.52. The topological polar surface area (TPSA) is 97.7 Å². The first-order chi connectivity index (χ1) is 7.09. The third-order valence-electron chi connectivity index (χ3n) is 1.52. The van der Waals surface area contributed by atoms with Gasteiger partial charge in [-0.3, -0.25) is 9.59 Å². The summed E-state index contributed by atoms with van der Waals surface area (Å²) in [6.07, 6.45) is 1.40. The molecule has 0 aliphatic carbocycles. The first-order valence-electron chi connectivity index (χ1n) is 4.25. The van der Waals surface area contributed by atoms with Crippen molar-refractivity contribution in [2.24, 2.45) is 10.8 Å². The lowest BCUT2D eigenvalue weighted by Crippen LogP contribution is -2.21. The van der Waals surface area contributed by atoms with Gasteiger partial charge in [-0.25, -0.2) is 5.43 Å². The molecule has 0 saturated heterocycles. The van der Waals surface area contributed by atoms with Crippen LogP contribution >= 0.6 is 0 Å². The Kier molecular flexibility index (Phi) is 3.61. The maximum absolute atomic E-state index is 11.3. The van der Waals surface area contributed by atoms with Gasteiger partial charge in [0.1, 0.15) is 0 Å². The van der Waals surface area contributed by atoms with Gasteiger partial charge < -0.3 is 10.2 Å². The Hall–Kier alpha value is -2.11. The highest BCUT2D eigenvalue weighted by Crippen LogP contribution is 1.98. The first kappa shape index (κ1) is 11.0. The smallest absolute Gasteiger partial charge is 0.307 e. The lowest BCUT2D eigenvalue weighted by Gasteiger charge is -1.98. The van der Waals surface area contributed by atoms with Gasteiger partial charge in [0.2, 0.25) is 5.91 Å². The molecule has 0 radical (unpaired) electrons. The van der Waals surface area contributed by atoms with E-state index in [1.165, 1.54) is 12.3 Å². The molecule has 0 atom stereocenters. The molecule has 0 saturated carbocycles. The highest BCUT2D eigenvalue weighted by atomic mass is 16.3. The molecule has 1 heterocycles. The quantitative estimate of drug-likeness (QED) is 0.549. The van der Waals surface area contributed by atoms with E-state index in [1.54, 1.807) is 13.0 Å². The summed E-state index contributed by atoms with van der Waals surface area (Å²) in [4.78, 5) is 21.8. The SMILES string of the molecule is C/C(CC(N)=O)=N\NC(=O)c1ccco1. The van der Waals surface area contributed by atoms with Gasteiger partial charge in [0.25, 0.3) is 0 Å². The number of carbonyl (C=O) groups excluding carboxylic acids is 2. The van der Waals surface area contributed by atoms with E-state index in [0.717, 1.165) is 0 Å². The second kappa shape index (κ2) is 4.94. The predicted octanol–water partition coefficient (Wildman–Crippen LogP) is 0.261. The molecule has 0 aromatic carbocycles. The van der Waals surface area contributed by atoms with Crippen LogP contribution in [0.2, 0.25) is 0 Å². The summed E-state index contributed by atoms with van der Waals surface area (Å²) in [6, 6.07) is 3.10. The number of nitrogens with zero attached hydrogens (tertiary/aromatic N) is 1. The van der Waals surface area contributed by atoms with Gasteiger partial charge in [0.05, 0.1) is 12.7 Å². The summed E-state index contributed by atoms with van der Waals surface area (Å²) >= 11 is 0. The number of rotatable bonds is 4. The monoisotopic (exact) mass is 209 g/mol. The number of nitrogens with two attached hydrogens (primary N) is 1. The average molecular weight is 209 g/mol. The molecule has 0 spiro atoms. The Bertz CT molecular complexity index is 381. The fourth-order valence-electron chi connectivity index (χ4n) is 0.901. The van der Waals surface area contributed by atoms with Crippen LogP contribution in [0.4, 0.5) is 0 Å². The Morgan fingerprint density at radius 2 is 2.33 bits per heavy atom. The summed E-state index contributed by atoms with van der Waals surface area (Å²) < 4.78 is 4.84. The molecule has 2 amide bonds. The Morgan fingerprint density at radius 1 is 1.60 bits per heavy atom. The van der Waals surface area contributed by atoms with E-state index in [-0.39, 0.29) is 12.2 Å². The van der Waals surface area contributed by atoms with Crippen molar-refractivity contribution in [1.29, 1.82) is 0 Å². The molecule has 80 valence electrons. The lowest BCUT2D eigenvalue weighted by atomic mass is 10.3. The van der Waals surface area contributed by atoms with E-state index in [4.69, 9.17) is 10.2 Å².